The summed E-state index contributed by atoms with van der Waals surface area (Å²) in [5.41, 5.74) is 3.26. The Hall–Kier alpha value is -2.75. The maximum atomic E-state index is 12.0. The van der Waals surface area contributed by atoms with Crippen molar-refractivity contribution >= 4 is 16.9 Å². The molecule has 3 aromatic rings. The monoisotopic (exact) mass is 278 g/mol. The van der Waals surface area contributed by atoms with Gasteiger partial charge in [-0.1, -0.05) is 12.1 Å². The van der Waals surface area contributed by atoms with Crippen molar-refractivity contribution in [3.05, 3.63) is 71.7 Å². The topological polar surface area (TPSA) is 52.1 Å². The van der Waals surface area contributed by atoms with E-state index in [0.717, 1.165) is 22.0 Å². The fourth-order valence-electron chi connectivity index (χ4n) is 2.11. The number of hydrogen-bond donors (Lipinski definition) is 0. The van der Waals surface area contributed by atoms with E-state index in [1.165, 1.54) is 6.20 Å². The predicted molar refractivity (Wildman–Crippen MR) is 79.8 cm³/mol. The average molecular weight is 278 g/mol. The molecule has 0 bridgehead atoms. The number of carbonyl (C=O) groups is 1. The van der Waals surface area contributed by atoms with Crippen LogP contribution >= 0.6 is 0 Å². The molecule has 0 radical (unpaired) electrons. The van der Waals surface area contributed by atoms with E-state index < -0.39 is 0 Å². The first-order chi connectivity index (χ1) is 10.2. The minimum atomic E-state index is -0.363. The molecule has 21 heavy (non-hydrogen) atoms. The van der Waals surface area contributed by atoms with Crippen molar-refractivity contribution in [3.63, 3.8) is 0 Å². The highest BCUT2D eigenvalue weighted by molar-refractivity contribution is 5.89. The number of benzene rings is 1. The molecule has 0 unspecified atom stereocenters. The number of ether oxygens (including phenoxy) is 1. The van der Waals surface area contributed by atoms with Crippen molar-refractivity contribution in [2.45, 2.75) is 13.5 Å². The SMILES string of the molecule is Cc1cncc(C(=O)OCc2ccc3ncccc3c2)c1. The Morgan fingerprint density at radius 3 is 2.95 bits per heavy atom. The van der Waals surface area contributed by atoms with Gasteiger partial charge in [0.1, 0.15) is 6.61 Å². The van der Waals surface area contributed by atoms with Gasteiger partial charge in [0, 0.05) is 24.0 Å². The lowest BCUT2D eigenvalue weighted by atomic mass is 10.1. The molecule has 4 nitrogen and oxygen atoms in total. The first-order valence-electron chi connectivity index (χ1n) is 6.65. The van der Waals surface area contributed by atoms with Gasteiger partial charge < -0.3 is 4.74 Å². The van der Waals surface area contributed by atoms with Crippen LogP contribution in [0.2, 0.25) is 0 Å². The van der Waals surface area contributed by atoms with Gasteiger partial charge in [0.25, 0.3) is 0 Å². The van der Waals surface area contributed by atoms with Gasteiger partial charge in [0.2, 0.25) is 0 Å². The van der Waals surface area contributed by atoms with Crippen LogP contribution < -0.4 is 0 Å². The number of carbonyl (C=O) groups excluding carboxylic acids is 1. The number of fused-ring (bicyclic) bond motifs is 1. The Balaban J connectivity index is 1.72. The second kappa shape index (κ2) is 5.71. The average Bonchev–Trinajstić information content (AvgIpc) is 2.52. The highest BCUT2D eigenvalue weighted by Crippen LogP contribution is 2.14. The molecule has 0 saturated carbocycles. The van der Waals surface area contributed by atoms with Crippen LogP contribution in [0.1, 0.15) is 21.5 Å². The second-order valence-electron chi connectivity index (χ2n) is 4.86. The van der Waals surface area contributed by atoms with Gasteiger partial charge in [0.05, 0.1) is 11.1 Å². The molecule has 0 amide bonds. The van der Waals surface area contributed by atoms with E-state index in [1.807, 2.05) is 37.3 Å². The van der Waals surface area contributed by atoms with Crippen LogP contribution in [-0.2, 0) is 11.3 Å². The van der Waals surface area contributed by atoms with E-state index in [4.69, 9.17) is 4.74 Å². The third-order valence-corrected chi connectivity index (χ3v) is 3.15. The summed E-state index contributed by atoms with van der Waals surface area (Å²) in [5, 5.41) is 1.03. The zero-order valence-corrected chi connectivity index (χ0v) is 11.6. The van der Waals surface area contributed by atoms with E-state index >= 15 is 0 Å². The smallest absolute Gasteiger partial charge is 0.340 e. The maximum Gasteiger partial charge on any atom is 0.340 e. The lowest BCUT2D eigenvalue weighted by Crippen LogP contribution is -2.06. The van der Waals surface area contributed by atoms with E-state index in [1.54, 1.807) is 18.5 Å². The molecule has 0 spiro atoms. The number of esters is 1. The summed E-state index contributed by atoms with van der Waals surface area (Å²) in [5.74, 6) is -0.363. The molecule has 104 valence electrons. The largest absolute Gasteiger partial charge is 0.457 e. The van der Waals surface area contributed by atoms with Crippen molar-refractivity contribution in [2.75, 3.05) is 0 Å². The van der Waals surface area contributed by atoms with E-state index in [9.17, 15) is 4.79 Å². The van der Waals surface area contributed by atoms with Crippen LogP contribution in [0.15, 0.2) is 55.0 Å². The first kappa shape index (κ1) is 13.2. The fraction of sp³-hybridized carbons (Fsp3) is 0.118. The predicted octanol–water partition coefficient (Wildman–Crippen LogP) is 3.30. The number of pyridine rings is 2. The van der Waals surface area contributed by atoms with Crippen LogP contribution in [0.4, 0.5) is 0 Å². The number of rotatable bonds is 3. The summed E-state index contributed by atoms with van der Waals surface area (Å²) < 4.78 is 5.32. The van der Waals surface area contributed by atoms with Gasteiger partial charge in [-0.15, -0.1) is 0 Å². The molecular formula is C17H14N2O2. The number of nitrogens with zero attached hydrogens (tertiary/aromatic N) is 2. The molecule has 0 aliphatic rings. The molecule has 0 saturated heterocycles. The normalized spacial score (nSPS) is 10.5. The summed E-state index contributed by atoms with van der Waals surface area (Å²) in [6.07, 6.45) is 4.97. The third-order valence-electron chi connectivity index (χ3n) is 3.15. The van der Waals surface area contributed by atoms with Crippen LogP contribution in [0.3, 0.4) is 0 Å². The molecule has 2 aromatic heterocycles. The van der Waals surface area contributed by atoms with Crippen LogP contribution in [-0.4, -0.2) is 15.9 Å². The van der Waals surface area contributed by atoms with Gasteiger partial charge in [-0.2, -0.15) is 0 Å². The molecule has 0 aliphatic heterocycles. The Labute approximate surface area is 122 Å². The van der Waals surface area contributed by atoms with Crippen molar-refractivity contribution in [1.82, 2.24) is 9.97 Å². The van der Waals surface area contributed by atoms with Crippen LogP contribution in [0.5, 0.6) is 0 Å². The summed E-state index contributed by atoms with van der Waals surface area (Å²) in [6, 6.07) is 11.4. The Morgan fingerprint density at radius 1 is 1.19 bits per heavy atom. The van der Waals surface area contributed by atoms with Gasteiger partial charge in [-0.25, -0.2) is 4.79 Å². The Morgan fingerprint density at radius 2 is 2.10 bits per heavy atom. The molecule has 0 atom stereocenters. The van der Waals surface area contributed by atoms with Crippen molar-refractivity contribution in [1.29, 1.82) is 0 Å². The summed E-state index contributed by atoms with van der Waals surface area (Å²) in [6.45, 7) is 2.12. The summed E-state index contributed by atoms with van der Waals surface area (Å²) in [7, 11) is 0. The summed E-state index contributed by atoms with van der Waals surface area (Å²) in [4.78, 5) is 20.2. The van der Waals surface area contributed by atoms with Crippen LogP contribution in [0.25, 0.3) is 10.9 Å². The fourth-order valence-corrected chi connectivity index (χ4v) is 2.11. The zero-order valence-electron chi connectivity index (χ0n) is 11.6. The van der Waals surface area contributed by atoms with E-state index in [2.05, 4.69) is 9.97 Å². The van der Waals surface area contributed by atoms with E-state index in [-0.39, 0.29) is 12.6 Å². The minimum Gasteiger partial charge on any atom is -0.457 e. The second-order valence-corrected chi connectivity index (χ2v) is 4.86. The molecule has 1 aromatic carbocycles. The molecule has 2 heterocycles. The number of hydrogen-bond acceptors (Lipinski definition) is 4. The van der Waals surface area contributed by atoms with Gasteiger partial charge >= 0.3 is 5.97 Å². The summed E-state index contributed by atoms with van der Waals surface area (Å²) >= 11 is 0. The molecule has 0 N–H and O–H groups in total. The van der Waals surface area contributed by atoms with Gasteiger partial charge in [-0.3, -0.25) is 9.97 Å². The van der Waals surface area contributed by atoms with Crippen molar-refractivity contribution in [3.8, 4) is 0 Å². The third kappa shape index (κ3) is 3.05. The lowest BCUT2D eigenvalue weighted by Gasteiger charge is -2.06. The Kier molecular flexibility index (Phi) is 3.60. The molecule has 4 heteroatoms. The number of aryl methyl sites for hydroxylation is 1. The lowest BCUT2D eigenvalue weighted by molar-refractivity contribution is 0.0472. The maximum absolute atomic E-state index is 12.0. The molecule has 3 rings (SSSR count). The quantitative estimate of drug-likeness (QED) is 0.690. The van der Waals surface area contributed by atoms with Gasteiger partial charge in [-0.05, 0) is 42.3 Å². The zero-order chi connectivity index (χ0) is 14.7. The van der Waals surface area contributed by atoms with Crippen molar-refractivity contribution in [2.24, 2.45) is 0 Å². The van der Waals surface area contributed by atoms with Crippen molar-refractivity contribution < 1.29 is 9.53 Å². The number of aromatic nitrogens is 2. The molecule has 0 fully saturated rings. The highest BCUT2D eigenvalue weighted by atomic mass is 16.5. The molecular weight excluding hydrogens is 264 g/mol. The van der Waals surface area contributed by atoms with Gasteiger partial charge in [0.15, 0.2) is 0 Å². The van der Waals surface area contributed by atoms with E-state index in [0.29, 0.717) is 5.56 Å². The Bertz CT molecular complexity index is 799. The minimum absolute atomic E-state index is 0.234. The standard InChI is InChI=1S/C17H14N2O2/c1-12-7-15(10-18-9-12)17(20)21-11-13-4-5-16-14(8-13)3-2-6-19-16/h2-10H,11H2,1H3. The molecule has 0 aliphatic carbocycles. The highest BCUT2D eigenvalue weighted by Gasteiger charge is 2.08. The first-order valence-corrected chi connectivity index (χ1v) is 6.65. The van der Waals surface area contributed by atoms with Crippen LogP contribution in [0, 0.1) is 6.92 Å².